The van der Waals surface area contributed by atoms with E-state index in [-0.39, 0.29) is 18.1 Å². The SMILES string of the molecule is N#Cc1cnc(NCc2ccccc2C(F)(F)F)nc1NCC1C[C@H]2CCC[C@@H](C1)C2N. The number of nitrogens with one attached hydrogen (secondary N) is 2. The molecule has 2 saturated carbocycles. The van der Waals surface area contributed by atoms with Crippen LogP contribution in [-0.4, -0.2) is 22.6 Å². The van der Waals surface area contributed by atoms with Gasteiger partial charge < -0.3 is 16.4 Å². The van der Waals surface area contributed by atoms with E-state index in [1.807, 2.05) is 0 Å². The molecule has 0 spiro atoms. The number of benzene rings is 1. The van der Waals surface area contributed by atoms with E-state index in [9.17, 15) is 18.4 Å². The average Bonchev–Trinajstić information content (AvgIpc) is 2.76. The zero-order valence-corrected chi connectivity index (χ0v) is 17.7. The first kappa shape index (κ1) is 22.3. The molecule has 0 radical (unpaired) electrons. The number of alkyl halides is 3. The molecule has 9 heteroatoms. The van der Waals surface area contributed by atoms with E-state index >= 15 is 0 Å². The van der Waals surface area contributed by atoms with Crippen molar-refractivity contribution in [2.45, 2.75) is 50.9 Å². The van der Waals surface area contributed by atoms with Gasteiger partial charge in [0.1, 0.15) is 17.5 Å². The summed E-state index contributed by atoms with van der Waals surface area (Å²) in [6.07, 6.45) is 2.70. The van der Waals surface area contributed by atoms with E-state index in [4.69, 9.17) is 5.73 Å². The smallest absolute Gasteiger partial charge is 0.369 e. The molecule has 2 aliphatic rings. The molecule has 2 bridgehead atoms. The van der Waals surface area contributed by atoms with Gasteiger partial charge in [-0.1, -0.05) is 24.6 Å². The van der Waals surface area contributed by atoms with Crippen molar-refractivity contribution in [3.05, 3.63) is 47.2 Å². The van der Waals surface area contributed by atoms with Gasteiger partial charge in [0.05, 0.1) is 11.8 Å². The van der Waals surface area contributed by atoms with Crippen molar-refractivity contribution >= 4 is 11.8 Å². The molecule has 32 heavy (non-hydrogen) atoms. The van der Waals surface area contributed by atoms with E-state index in [1.165, 1.54) is 37.6 Å². The highest BCUT2D eigenvalue weighted by Crippen LogP contribution is 2.42. The minimum absolute atomic E-state index is 0.0785. The molecule has 2 aliphatic carbocycles. The summed E-state index contributed by atoms with van der Waals surface area (Å²) < 4.78 is 39.6. The van der Waals surface area contributed by atoms with Crippen molar-refractivity contribution in [1.29, 1.82) is 5.26 Å². The molecule has 6 nitrogen and oxygen atoms in total. The summed E-state index contributed by atoms with van der Waals surface area (Å²) in [6, 6.07) is 7.76. The summed E-state index contributed by atoms with van der Waals surface area (Å²) in [4.78, 5) is 8.45. The Morgan fingerprint density at radius 2 is 1.84 bits per heavy atom. The van der Waals surface area contributed by atoms with Crippen molar-refractivity contribution in [2.24, 2.45) is 23.5 Å². The van der Waals surface area contributed by atoms with Crippen molar-refractivity contribution < 1.29 is 13.2 Å². The summed E-state index contributed by atoms with van der Waals surface area (Å²) in [6.45, 7) is 0.604. The van der Waals surface area contributed by atoms with E-state index in [0.29, 0.717) is 41.7 Å². The quantitative estimate of drug-likeness (QED) is 0.605. The number of nitrogens with two attached hydrogens (primary N) is 1. The van der Waals surface area contributed by atoms with E-state index in [2.05, 4.69) is 26.7 Å². The molecule has 0 aliphatic heterocycles. The molecule has 1 aromatic carbocycles. The lowest BCUT2D eigenvalue weighted by molar-refractivity contribution is -0.138. The van der Waals surface area contributed by atoms with Crippen molar-refractivity contribution in [3.8, 4) is 6.07 Å². The minimum Gasteiger partial charge on any atom is -0.369 e. The molecule has 4 atom stereocenters. The lowest BCUT2D eigenvalue weighted by atomic mass is 9.65. The monoisotopic (exact) mass is 444 g/mol. The summed E-state index contributed by atoms with van der Waals surface area (Å²) >= 11 is 0. The fourth-order valence-corrected chi connectivity index (χ4v) is 5.13. The van der Waals surface area contributed by atoms with Crippen LogP contribution < -0.4 is 16.4 Å². The number of rotatable bonds is 6. The molecule has 4 rings (SSSR count). The van der Waals surface area contributed by atoms with Gasteiger partial charge in [-0.2, -0.15) is 23.4 Å². The Kier molecular flexibility index (Phi) is 6.51. The highest BCUT2D eigenvalue weighted by molar-refractivity contribution is 5.53. The molecule has 2 aromatic rings. The van der Waals surface area contributed by atoms with Crippen LogP contribution in [-0.2, 0) is 12.7 Å². The Bertz CT molecular complexity index is 972. The fraction of sp³-hybridized carbons (Fsp3) is 0.522. The lowest BCUT2D eigenvalue weighted by Crippen LogP contribution is -2.47. The van der Waals surface area contributed by atoms with Gasteiger partial charge in [-0.15, -0.1) is 0 Å². The van der Waals surface area contributed by atoms with Crippen molar-refractivity contribution in [3.63, 3.8) is 0 Å². The van der Waals surface area contributed by atoms with Gasteiger partial charge in [-0.05, 0) is 55.1 Å². The Hall–Kier alpha value is -2.86. The first-order chi connectivity index (χ1) is 15.3. The third-order valence-corrected chi connectivity index (χ3v) is 6.74. The van der Waals surface area contributed by atoms with Gasteiger partial charge in [0, 0.05) is 19.1 Å². The second-order valence-corrected chi connectivity index (χ2v) is 8.82. The molecule has 2 fully saturated rings. The second kappa shape index (κ2) is 9.33. The van der Waals surface area contributed by atoms with Crippen LogP contribution in [0.1, 0.15) is 48.8 Å². The van der Waals surface area contributed by atoms with Crippen LogP contribution in [0.5, 0.6) is 0 Å². The van der Waals surface area contributed by atoms with Crippen LogP contribution in [0.25, 0.3) is 0 Å². The predicted octanol–water partition coefficient (Wildman–Crippen LogP) is 4.54. The number of halogens is 3. The maximum atomic E-state index is 13.2. The normalized spacial score (nSPS) is 25.1. The standard InChI is InChI=1S/C23H27F3N6/c24-23(25,26)19-7-2-1-4-17(19)12-30-22-31-13-18(10-27)21(32-22)29-11-14-8-15-5-3-6-16(9-14)20(15)28/h1-2,4,7,13-16,20H,3,5-6,8-9,11-12,28H2,(H2,29,30,31,32)/t14?,15-,16+,20?. The predicted molar refractivity (Wildman–Crippen MR) is 116 cm³/mol. The van der Waals surface area contributed by atoms with Crippen LogP contribution >= 0.6 is 0 Å². The molecule has 1 aromatic heterocycles. The summed E-state index contributed by atoms with van der Waals surface area (Å²) in [7, 11) is 0. The molecule has 170 valence electrons. The average molecular weight is 445 g/mol. The minimum atomic E-state index is -4.43. The van der Waals surface area contributed by atoms with Gasteiger partial charge >= 0.3 is 6.18 Å². The molecule has 4 N–H and O–H groups in total. The molecular weight excluding hydrogens is 417 g/mol. The van der Waals surface area contributed by atoms with E-state index in [0.717, 1.165) is 18.9 Å². The second-order valence-electron chi connectivity index (χ2n) is 8.82. The first-order valence-corrected chi connectivity index (χ1v) is 11.0. The molecule has 0 amide bonds. The highest BCUT2D eigenvalue weighted by Gasteiger charge is 2.38. The fourth-order valence-electron chi connectivity index (χ4n) is 5.13. The Labute approximate surface area is 185 Å². The van der Waals surface area contributed by atoms with Gasteiger partial charge in [0.15, 0.2) is 0 Å². The Morgan fingerprint density at radius 1 is 1.12 bits per heavy atom. The van der Waals surface area contributed by atoms with Gasteiger partial charge in [-0.3, -0.25) is 0 Å². The number of anilines is 2. The number of fused-ring (bicyclic) bond motifs is 2. The summed E-state index contributed by atoms with van der Waals surface area (Å²) in [5.41, 5.74) is 6.09. The lowest BCUT2D eigenvalue weighted by Gasteiger charge is -2.44. The van der Waals surface area contributed by atoms with Crippen LogP contribution in [0.2, 0.25) is 0 Å². The first-order valence-electron chi connectivity index (χ1n) is 11.0. The number of nitriles is 1. The largest absolute Gasteiger partial charge is 0.416 e. The topological polar surface area (TPSA) is 99.6 Å². The number of hydrogen-bond donors (Lipinski definition) is 3. The van der Waals surface area contributed by atoms with E-state index < -0.39 is 11.7 Å². The van der Waals surface area contributed by atoms with Crippen LogP contribution in [0, 0.1) is 29.1 Å². The number of aromatic nitrogens is 2. The van der Waals surface area contributed by atoms with Crippen LogP contribution in [0.3, 0.4) is 0 Å². The van der Waals surface area contributed by atoms with Gasteiger partial charge in [-0.25, -0.2) is 4.98 Å². The van der Waals surface area contributed by atoms with Crippen LogP contribution in [0.4, 0.5) is 24.9 Å². The maximum Gasteiger partial charge on any atom is 0.416 e. The number of nitrogens with zero attached hydrogens (tertiary/aromatic N) is 3. The molecule has 0 saturated heterocycles. The molecular formula is C23H27F3N6. The third-order valence-electron chi connectivity index (χ3n) is 6.74. The summed E-state index contributed by atoms with van der Waals surface area (Å²) in [5, 5.41) is 15.5. The Balaban J connectivity index is 1.42. The number of hydrogen-bond acceptors (Lipinski definition) is 6. The van der Waals surface area contributed by atoms with E-state index in [1.54, 1.807) is 6.07 Å². The maximum absolute atomic E-state index is 13.2. The van der Waals surface area contributed by atoms with Crippen molar-refractivity contribution in [2.75, 3.05) is 17.2 Å². The highest BCUT2D eigenvalue weighted by atomic mass is 19.4. The molecule has 2 unspecified atom stereocenters. The van der Waals surface area contributed by atoms with Gasteiger partial charge in [0.2, 0.25) is 5.95 Å². The third kappa shape index (κ3) is 4.96. The zero-order chi connectivity index (χ0) is 22.7. The van der Waals surface area contributed by atoms with Crippen molar-refractivity contribution in [1.82, 2.24) is 9.97 Å². The summed E-state index contributed by atoms with van der Waals surface area (Å²) in [5.74, 6) is 2.14. The van der Waals surface area contributed by atoms with Gasteiger partial charge in [0.25, 0.3) is 0 Å². The Morgan fingerprint density at radius 3 is 2.53 bits per heavy atom. The van der Waals surface area contributed by atoms with Crippen LogP contribution in [0.15, 0.2) is 30.5 Å². The molecule has 1 heterocycles. The zero-order valence-electron chi connectivity index (χ0n) is 17.7.